The summed E-state index contributed by atoms with van der Waals surface area (Å²) >= 11 is 0. The van der Waals surface area contributed by atoms with Crippen LogP contribution in [0.3, 0.4) is 0 Å². The third kappa shape index (κ3) is 2.78. The van der Waals surface area contributed by atoms with Crippen molar-refractivity contribution >= 4 is 16.9 Å². The molecule has 2 aliphatic rings. The highest BCUT2D eigenvalue weighted by Crippen LogP contribution is 2.36. The molecule has 2 saturated heterocycles. The van der Waals surface area contributed by atoms with E-state index in [1.807, 2.05) is 24.0 Å². The van der Waals surface area contributed by atoms with E-state index in [4.69, 9.17) is 9.15 Å². The lowest BCUT2D eigenvalue weighted by Crippen LogP contribution is -2.48. The Morgan fingerprint density at radius 3 is 2.65 bits per heavy atom. The van der Waals surface area contributed by atoms with Gasteiger partial charge in [-0.2, -0.15) is 0 Å². The van der Waals surface area contributed by atoms with Crippen LogP contribution in [0.1, 0.15) is 36.8 Å². The van der Waals surface area contributed by atoms with E-state index >= 15 is 0 Å². The number of ether oxygens (including phenoxy) is 1. The van der Waals surface area contributed by atoms with E-state index in [1.165, 1.54) is 0 Å². The van der Waals surface area contributed by atoms with Gasteiger partial charge in [-0.25, -0.2) is 4.79 Å². The fraction of sp³-hybridized carbons (Fsp3) is 0.500. The molecular weight excluding hydrogens is 334 g/mol. The van der Waals surface area contributed by atoms with Gasteiger partial charge in [0, 0.05) is 23.5 Å². The van der Waals surface area contributed by atoms with E-state index in [9.17, 15) is 14.7 Å². The van der Waals surface area contributed by atoms with Gasteiger partial charge < -0.3 is 19.2 Å². The van der Waals surface area contributed by atoms with Crippen molar-refractivity contribution < 1.29 is 19.1 Å². The van der Waals surface area contributed by atoms with Crippen molar-refractivity contribution in [1.29, 1.82) is 0 Å². The molecule has 1 N–H and O–H groups in total. The zero-order chi connectivity index (χ0) is 18.4. The summed E-state index contributed by atoms with van der Waals surface area (Å²) in [5.41, 5.74) is 1.18. The number of hydrogen-bond donors (Lipinski definition) is 1. The third-order valence-electron chi connectivity index (χ3n) is 5.82. The lowest BCUT2D eigenvalue weighted by atomic mass is 9.97. The summed E-state index contributed by atoms with van der Waals surface area (Å²) in [5.74, 6) is 0.569. The molecule has 26 heavy (non-hydrogen) atoms. The van der Waals surface area contributed by atoms with Crippen LogP contribution in [0.15, 0.2) is 27.4 Å². The van der Waals surface area contributed by atoms with Crippen molar-refractivity contribution in [3.8, 4) is 5.75 Å². The maximum Gasteiger partial charge on any atom is 0.340 e. The highest BCUT2D eigenvalue weighted by Gasteiger charge is 2.42. The Balaban J connectivity index is 1.65. The van der Waals surface area contributed by atoms with Crippen LogP contribution in [-0.2, 0) is 11.2 Å². The maximum absolute atomic E-state index is 12.9. The number of hydrogen-bond acceptors (Lipinski definition) is 5. The molecule has 4 rings (SSSR count). The molecule has 6 heteroatoms. The van der Waals surface area contributed by atoms with E-state index in [-0.39, 0.29) is 30.5 Å². The van der Waals surface area contributed by atoms with Gasteiger partial charge in [-0.1, -0.05) is 0 Å². The first-order chi connectivity index (χ1) is 12.5. The molecule has 0 radical (unpaired) electrons. The molecule has 3 atom stereocenters. The fourth-order valence-corrected chi connectivity index (χ4v) is 4.50. The van der Waals surface area contributed by atoms with Crippen molar-refractivity contribution in [2.75, 3.05) is 7.11 Å². The Labute approximate surface area is 151 Å². The van der Waals surface area contributed by atoms with Crippen LogP contribution in [0, 0.1) is 6.92 Å². The van der Waals surface area contributed by atoms with E-state index in [0.29, 0.717) is 29.7 Å². The molecule has 0 saturated carbocycles. The second kappa shape index (κ2) is 6.43. The van der Waals surface area contributed by atoms with Gasteiger partial charge in [-0.05, 0) is 50.3 Å². The Kier molecular flexibility index (Phi) is 4.23. The predicted octanol–water partition coefficient (Wildman–Crippen LogP) is 2.17. The van der Waals surface area contributed by atoms with Gasteiger partial charge >= 0.3 is 5.63 Å². The second-order valence-electron chi connectivity index (χ2n) is 7.34. The standard InChI is InChI=1S/C20H23NO5/c1-11-16-6-5-15(25-2)9-18(16)26-20(24)17(11)10-19(23)21-12-3-4-13(21)8-14(22)7-12/h5-6,9,12-14,22H,3-4,7-8,10H2,1-2H3/t12-,13+,14?. The molecule has 1 unspecified atom stereocenters. The van der Waals surface area contributed by atoms with E-state index in [1.54, 1.807) is 13.2 Å². The Morgan fingerprint density at radius 1 is 1.31 bits per heavy atom. The predicted molar refractivity (Wildman–Crippen MR) is 96.4 cm³/mol. The number of carbonyl (C=O) groups excluding carboxylic acids is 1. The molecular formula is C20H23NO5. The molecule has 0 aliphatic carbocycles. The first-order valence-electron chi connectivity index (χ1n) is 9.07. The number of fused-ring (bicyclic) bond motifs is 3. The number of rotatable bonds is 3. The van der Waals surface area contributed by atoms with Crippen molar-refractivity contribution in [1.82, 2.24) is 4.90 Å². The number of amides is 1. The van der Waals surface area contributed by atoms with Gasteiger partial charge in [0.1, 0.15) is 11.3 Å². The van der Waals surface area contributed by atoms with Crippen LogP contribution >= 0.6 is 0 Å². The van der Waals surface area contributed by atoms with Crippen molar-refractivity contribution in [2.45, 2.75) is 57.2 Å². The monoisotopic (exact) mass is 357 g/mol. The van der Waals surface area contributed by atoms with Crippen molar-refractivity contribution in [2.24, 2.45) is 0 Å². The number of carbonyl (C=O) groups is 1. The summed E-state index contributed by atoms with van der Waals surface area (Å²) in [7, 11) is 1.56. The summed E-state index contributed by atoms with van der Waals surface area (Å²) < 4.78 is 10.6. The first kappa shape index (κ1) is 17.1. The molecule has 138 valence electrons. The SMILES string of the molecule is COc1ccc2c(C)c(CC(=O)N3[C@@H]4CC[C@H]3CC(O)C4)c(=O)oc2c1. The van der Waals surface area contributed by atoms with Gasteiger partial charge in [-0.15, -0.1) is 0 Å². The van der Waals surface area contributed by atoms with E-state index < -0.39 is 5.63 Å². The maximum atomic E-state index is 12.9. The number of aliphatic hydroxyl groups excluding tert-OH is 1. The summed E-state index contributed by atoms with van der Waals surface area (Å²) in [5, 5.41) is 10.7. The Hall–Kier alpha value is -2.34. The van der Waals surface area contributed by atoms with Crippen LogP contribution in [0.4, 0.5) is 0 Å². The zero-order valence-corrected chi connectivity index (χ0v) is 15.0. The highest BCUT2D eigenvalue weighted by atomic mass is 16.5. The fourth-order valence-electron chi connectivity index (χ4n) is 4.50. The lowest BCUT2D eigenvalue weighted by Gasteiger charge is -2.37. The molecule has 1 amide bonds. The van der Waals surface area contributed by atoms with Gasteiger partial charge in [-0.3, -0.25) is 4.79 Å². The third-order valence-corrected chi connectivity index (χ3v) is 5.82. The average molecular weight is 357 g/mol. The zero-order valence-electron chi connectivity index (χ0n) is 15.0. The topological polar surface area (TPSA) is 80.0 Å². The van der Waals surface area contributed by atoms with Gasteiger partial charge in [0.15, 0.2) is 0 Å². The molecule has 2 aromatic rings. The molecule has 2 aliphatic heterocycles. The second-order valence-corrected chi connectivity index (χ2v) is 7.34. The van der Waals surface area contributed by atoms with Gasteiger partial charge in [0.25, 0.3) is 0 Å². The summed E-state index contributed by atoms with van der Waals surface area (Å²) in [6.07, 6.45) is 2.84. The van der Waals surface area contributed by atoms with Gasteiger partial charge in [0.05, 0.1) is 25.2 Å². The van der Waals surface area contributed by atoms with Crippen molar-refractivity contribution in [3.05, 3.63) is 39.7 Å². The van der Waals surface area contributed by atoms with E-state index in [0.717, 1.165) is 23.8 Å². The summed E-state index contributed by atoms with van der Waals surface area (Å²) in [6, 6.07) is 5.53. The number of benzene rings is 1. The average Bonchev–Trinajstić information content (AvgIpc) is 2.89. The quantitative estimate of drug-likeness (QED) is 0.852. The first-order valence-corrected chi connectivity index (χ1v) is 9.07. The highest BCUT2D eigenvalue weighted by molar-refractivity contribution is 5.85. The number of aryl methyl sites for hydroxylation is 1. The van der Waals surface area contributed by atoms with Gasteiger partial charge in [0.2, 0.25) is 5.91 Å². The summed E-state index contributed by atoms with van der Waals surface area (Å²) in [4.78, 5) is 27.3. The Bertz CT molecular complexity index is 904. The molecule has 3 heterocycles. The minimum Gasteiger partial charge on any atom is -0.497 e. The minimum atomic E-state index is -0.471. The van der Waals surface area contributed by atoms with Crippen LogP contribution in [0.5, 0.6) is 5.75 Å². The number of methoxy groups -OCH3 is 1. The number of nitrogens with zero attached hydrogens (tertiary/aromatic N) is 1. The van der Waals surface area contributed by atoms with E-state index in [2.05, 4.69) is 0 Å². The molecule has 1 aromatic heterocycles. The van der Waals surface area contributed by atoms with Crippen LogP contribution in [0.25, 0.3) is 11.0 Å². The lowest BCUT2D eigenvalue weighted by molar-refractivity contribution is -0.136. The van der Waals surface area contributed by atoms with Crippen LogP contribution in [0.2, 0.25) is 0 Å². The Morgan fingerprint density at radius 2 is 2.00 bits per heavy atom. The number of piperidine rings is 1. The summed E-state index contributed by atoms with van der Waals surface area (Å²) in [6.45, 7) is 1.85. The molecule has 1 aromatic carbocycles. The molecule has 2 bridgehead atoms. The minimum absolute atomic E-state index is 0.0409. The smallest absolute Gasteiger partial charge is 0.340 e. The molecule has 0 spiro atoms. The van der Waals surface area contributed by atoms with Crippen LogP contribution in [-0.4, -0.2) is 41.2 Å². The molecule has 2 fully saturated rings. The largest absolute Gasteiger partial charge is 0.497 e. The molecule has 6 nitrogen and oxygen atoms in total. The normalized spacial score (nSPS) is 24.9. The van der Waals surface area contributed by atoms with Crippen molar-refractivity contribution in [3.63, 3.8) is 0 Å². The number of aliphatic hydroxyl groups is 1. The van der Waals surface area contributed by atoms with Crippen LogP contribution < -0.4 is 10.4 Å².